The number of carboxylic acid groups (broad SMARTS) is 1. The summed E-state index contributed by atoms with van der Waals surface area (Å²) in [5.74, 6) is -5.47. The number of fused-ring (bicyclic) bond motifs is 2. The number of Topliss-reactive ketones (excluding diaryl/α,β-unsaturated/α-hetero) is 1. The SMILES string of the molecule is CC(C)(C)C[C@H]1N[C@@H](C(=O)CCC[C@H](O)COC(=O)CC(=O)O)[C@H](c2ccc(F)c(Cl)c2)[C@@]12C(=O)Nc1cc(Cl)c(F)cc12. The third kappa shape index (κ3) is 6.91. The monoisotopic (exact) mass is 654 g/mol. The number of amides is 1. The van der Waals surface area contributed by atoms with Crippen molar-refractivity contribution in [2.75, 3.05) is 11.9 Å². The van der Waals surface area contributed by atoms with Crippen LogP contribution < -0.4 is 10.6 Å². The van der Waals surface area contributed by atoms with Crippen LogP contribution in [0, 0.1) is 17.0 Å². The van der Waals surface area contributed by atoms with Crippen LogP contribution in [-0.4, -0.2) is 58.6 Å². The van der Waals surface area contributed by atoms with E-state index >= 15 is 4.39 Å². The number of benzene rings is 2. The molecule has 238 valence electrons. The Kier molecular flexibility index (Phi) is 10.0. The van der Waals surface area contributed by atoms with E-state index in [0.717, 1.165) is 6.07 Å². The van der Waals surface area contributed by atoms with Crippen molar-refractivity contribution in [2.24, 2.45) is 5.41 Å². The number of carboxylic acids is 1. The van der Waals surface area contributed by atoms with Gasteiger partial charge in [-0.05, 0) is 60.1 Å². The third-order valence-electron chi connectivity index (χ3n) is 8.04. The summed E-state index contributed by atoms with van der Waals surface area (Å²) in [4.78, 5) is 50.1. The minimum atomic E-state index is -1.49. The van der Waals surface area contributed by atoms with Gasteiger partial charge in [0.2, 0.25) is 5.91 Å². The lowest BCUT2D eigenvalue weighted by Gasteiger charge is -2.37. The maximum atomic E-state index is 15.0. The molecule has 4 rings (SSSR count). The van der Waals surface area contributed by atoms with Crippen LogP contribution in [-0.2, 0) is 29.3 Å². The van der Waals surface area contributed by atoms with Crippen molar-refractivity contribution in [3.63, 3.8) is 0 Å². The first-order chi connectivity index (χ1) is 20.5. The van der Waals surface area contributed by atoms with Crippen LogP contribution in [0.25, 0.3) is 0 Å². The molecule has 2 aromatic carbocycles. The zero-order chi connectivity index (χ0) is 32.6. The number of aliphatic carboxylic acids is 1. The van der Waals surface area contributed by atoms with Gasteiger partial charge >= 0.3 is 11.9 Å². The largest absolute Gasteiger partial charge is 0.481 e. The van der Waals surface area contributed by atoms with E-state index in [9.17, 15) is 28.7 Å². The summed E-state index contributed by atoms with van der Waals surface area (Å²) in [6, 6.07) is 4.89. The normalized spacial score (nSPS) is 23.4. The van der Waals surface area contributed by atoms with Crippen LogP contribution in [0.1, 0.15) is 69.9 Å². The molecule has 2 aliphatic rings. The Hall–Kier alpha value is -3.12. The van der Waals surface area contributed by atoms with E-state index in [-0.39, 0.29) is 40.5 Å². The Morgan fingerprint density at radius 3 is 2.41 bits per heavy atom. The number of carbonyl (C=O) groups is 4. The zero-order valence-electron chi connectivity index (χ0n) is 24.4. The van der Waals surface area contributed by atoms with Gasteiger partial charge in [0.25, 0.3) is 0 Å². The van der Waals surface area contributed by atoms with Crippen LogP contribution in [0.15, 0.2) is 30.3 Å². The fourth-order valence-electron chi connectivity index (χ4n) is 6.31. The maximum Gasteiger partial charge on any atom is 0.317 e. The lowest BCUT2D eigenvalue weighted by atomic mass is 9.62. The molecule has 2 heterocycles. The molecule has 9 nitrogen and oxygen atoms in total. The molecular weight excluding hydrogens is 621 g/mol. The number of aliphatic hydroxyl groups is 1. The summed E-state index contributed by atoms with van der Waals surface area (Å²) >= 11 is 12.2. The molecule has 1 fully saturated rings. The fraction of sp³-hybridized carbons (Fsp3) is 0.484. The summed E-state index contributed by atoms with van der Waals surface area (Å²) in [6.45, 7) is 5.49. The summed E-state index contributed by atoms with van der Waals surface area (Å²) in [5.41, 5.74) is -0.793. The average molecular weight is 656 g/mol. The van der Waals surface area contributed by atoms with Gasteiger partial charge < -0.3 is 25.6 Å². The standard InChI is InChI=1S/C31H34Cl2F2N2O7/c1-30(2,3)13-24-31(17-10-21(35)19(33)11-22(17)36-29(31)43)27(15-7-8-20(34)18(32)9-15)28(37-24)23(39)6-4-5-16(38)14-44-26(42)12-25(40)41/h7-11,16,24,27-28,37-38H,4-6,12-14H2,1-3H3,(H,36,43)(H,40,41)/t16-,24+,27-,28-,31-/m0/s1. The van der Waals surface area contributed by atoms with E-state index in [1.807, 2.05) is 20.8 Å². The van der Waals surface area contributed by atoms with E-state index in [1.165, 1.54) is 24.3 Å². The molecule has 2 aromatic rings. The Balaban J connectivity index is 1.70. The Morgan fingerprint density at radius 1 is 1.09 bits per heavy atom. The van der Waals surface area contributed by atoms with Crippen LogP contribution >= 0.6 is 23.2 Å². The third-order valence-corrected chi connectivity index (χ3v) is 8.62. The van der Waals surface area contributed by atoms with Gasteiger partial charge in [0, 0.05) is 24.1 Å². The number of ketones is 1. The van der Waals surface area contributed by atoms with E-state index in [0.29, 0.717) is 23.2 Å². The van der Waals surface area contributed by atoms with E-state index < -0.39 is 72.0 Å². The van der Waals surface area contributed by atoms with Crippen LogP contribution in [0.3, 0.4) is 0 Å². The van der Waals surface area contributed by atoms with Crippen molar-refractivity contribution in [1.82, 2.24) is 5.32 Å². The first kappa shape index (κ1) is 33.8. The highest BCUT2D eigenvalue weighted by atomic mass is 35.5. The molecule has 0 bridgehead atoms. The second-order valence-electron chi connectivity index (χ2n) is 12.5. The highest BCUT2D eigenvalue weighted by molar-refractivity contribution is 6.31. The summed E-state index contributed by atoms with van der Waals surface area (Å²) in [5, 5.41) is 24.7. The highest BCUT2D eigenvalue weighted by Gasteiger charge is 2.65. The van der Waals surface area contributed by atoms with Gasteiger partial charge in [-0.15, -0.1) is 0 Å². The van der Waals surface area contributed by atoms with E-state index in [2.05, 4.69) is 10.6 Å². The molecule has 0 aromatic heterocycles. The molecule has 0 saturated carbocycles. The molecule has 0 unspecified atom stereocenters. The van der Waals surface area contributed by atoms with Crippen molar-refractivity contribution in [3.8, 4) is 0 Å². The van der Waals surface area contributed by atoms with E-state index in [4.69, 9.17) is 33.0 Å². The second-order valence-corrected chi connectivity index (χ2v) is 13.3. The van der Waals surface area contributed by atoms with Gasteiger partial charge in [-0.25, -0.2) is 8.78 Å². The average Bonchev–Trinajstić information content (AvgIpc) is 3.38. The molecule has 1 amide bonds. The molecule has 2 aliphatic heterocycles. The van der Waals surface area contributed by atoms with E-state index in [1.54, 1.807) is 0 Å². The number of carbonyl (C=O) groups excluding carboxylic acids is 3. The molecule has 13 heteroatoms. The molecule has 1 saturated heterocycles. The summed E-state index contributed by atoms with van der Waals surface area (Å²) < 4.78 is 34.1. The topological polar surface area (TPSA) is 142 Å². The summed E-state index contributed by atoms with van der Waals surface area (Å²) in [6.07, 6.45) is -1.38. The van der Waals surface area contributed by atoms with Gasteiger partial charge in [-0.2, -0.15) is 0 Å². The van der Waals surface area contributed by atoms with Crippen LogP contribution in [0.5, 0.6) is 0 Å². The zero-order valence-corrected chi connectivity index (χ0v) is 25.9. The lowest BCUT2D eigenvalue weighted by molar-refractivity contribution is -0.153. The fourth-order valence-corrected chi connectivity index (χ4v) is 6.66. The van der Waals surface area contributed by atoms with Gasteiger partial charge in [0.1, 0.15) is 35.9 Å². The maximum absolute atomic E-state index is 15.0. The molecule has 4 N–H and O–H groups in total. The number of esters is 1. The highest BCUT2D eigenvalue weighted by Crippen LogP contribution is 2.57. The van der Waals surface area contributed by atoms with Crippen molar-refractivity contribution in [2.45, 2.75) is 82.4 Å². The first-order valence-corrected chi connectivity index (χ1v) is 14.9. The Labute approximate surface area is 263 Å². The Bertz CT molecular complexity index is 1480. The quantitative estimate of drug-likeness (QED) is 0.193. The molecule has 1 spiro atoms. The predicted octanol–water partition coefficient (Wildman–Crippen LogP) is 5.14. The number of hydrogen-bond donors (Lipinski definition) is 4. The number of anilines is 1. The van der Waals surface area contributed by atoms with Gasteiger partial charge in [-0.1, -0.05) is 50.0 Å². The van der Waals surface area contributed by atoms with Gasteiger partial charge in [0.15, 0.2) is 0 Å². The van der Waals surface area contributed by atoms with Crippen LogP contribution in [0.4, 0.5) is 14.5 Å². The number of rotatable bonds is 11. The number of hydrogen-bond acceptors (Lipinski definition) is 7. The number of aliphatic hydroxyl groups excluding tert-OH is 1. The molecular formula is C31H34Cl2F2N2O7. The predicted molar refractivity (Wildman–Crippen MR) is 159 cm³/mol. The van der Waals surface area contributed by atoms with Gasteiger partial charge in [-0.3, -0.25) is 19.2 Å². The smallest absolute Gasteiger partial charge is 0.317 e. The molecule has 44 heavy (non-hydrogen) atoms. The van der Waals surface area contributed by atoms with Crippen molar-refractivity contribution < 1.29 is 42.9 Å². The summed E-state index contributed by atoms with van der Waals surface area (Å²) in [7, 11) is 0. The van der Waals surface area contributed by atoms with Crippen molar-refractivity contribution in [3.05, 3.63) is 63.1 Å². The molecule has 0 radical (unpaired) electrons. The minimum absolute atomic E-state index is 0.0506. The van der Waals surface area contributed by atoms with Crippen molar-refractivity contribution >= 4 is 52.5 Å². The number of nitrogens with one attached hydrogen (secondary N) is 2. The number of ether oxygens (including phenoxy) is 1. The molecule has 5 atom stereocenters. The minimum Gasteiger partial charge on any atom is -0.481 e. The Morgan fingerprint density at radius 2 is 1.77 bits per heavy atom. The lowest BCUT2D eigenvalue weighted by Crippen LogP contribution is -2.49. The first-order valence-electron chi connectivity index (χ1n) is 14.1. The van der Waals surface area contributed by atoms with Crippen LogP contribution in [0.2, 0.25) is 10.0 Å². The second kappa shape index (κ2) is 13.1. The molecule has 0 aliphatic carbocycles. The van der Waals surface area contributed by atoms with Crippen molar-refractivity contribution in [1.29, 1.82) is 0 Å². The number of halogens is 4. The van der Waals surface area contributed by atoms with Gasteiger partial charge in [0.05, 0.1) is 22.2 Å².